The number of hydrogen-bond donors (Lipinski definition) is 5. The molecule has 1 aromatic carbocycles. The molecule has 0 fully saturated rings. The van der Waals surface area contributed by atoms with Crippen LogP contribution >= 0.6 is 15.1 Å². The predicted octanol–water partition coefficient (Wildman–Crippen LogP) is -0.638. The molecular formula is C8H16N4O4P2. The normalized spacial score (nSPS) is 12.5. The van der Waals surface area contributed by atoms with Gasteiger partial charge in [0.15, 0.2) is 0 Å². The molecule has 0 spiro atoms. The number of benzene rings is 1. The van der Waals surface area contributed by atoms with E-state index in [2.05, 4.69) is 0 Å². The molecule has 0 amide bonds. The van der Waals surface area contributed by atoms with Gasteiger partial charge in [0, 0.05) is 11.9 Å². The van der Waals surface area contributed by atoms with Crippen LogP contribution in [0, 0.1) is 0 Å². The lowest BCUT2D eigenvalue weighted by Gasteiger charge is -2.15. The van der Waals surface area contributed by atoms with Gasteiger partial charge in [-0.2, -0.15) is 0 Å². The van der Waals surface area contributed by atoms with Crippen molar-refractivity contribution in [3.63, 3.8) is 0 Å². The van der Waals surface area contributed by atoms with Gasteiger partial charge in [0.25, 0.3) is 0 Å². The largest absolute Gasteiger partial charge is 0.422 e. The van der Waals surface area contributed by atoms with E-state index in [0.717, 1.165) is 0 Å². The molecule has 1 aromatic rings. The lowest BCUT2D eigenvalue weighted by atomic mass is 10.1. The van der Waals surface area contributed by atoms with Gasteiger partial charge in [-0.05, 0) is 24.1 Å². The van der Waals surface area contributed by atoms with Crippen LogP contribution in [-0.4, -0.2) is 11.7 Å². The summed E-state index contributed by atoms with van der Waals surface area (Å²) in [7, 11) is -7.25. The van der Waals surface area contributed by atoms with Gasteiger partial charge in [-0.25, -0.2) is 15.6 Å². The molecular weight excluding hydrogens is 278 g/mol. The van der Waals surface area contributed by atoms with Crippen LogP contribution in [0.5, 0.6) is 5.75 Å². The zero-order chi connectivity index (χ0) is 14.0. The molecule has 0 saturated carbocycles. The molecule has 1 rings (SSSR count). The number of hydrogen-bond acceptors (Lipinski definition) is 4. The molecule has 102 valence electrons. The summed E-state index contributed by atoms with van der Waals surface area (Å²) in [6.07, 6.45) is 0.233. The minimum Gasteiger partial charge on any atom is -0.422 e. The Morgan fingerprint density at radius 2 is 1.78 bits per heavy atom. The van der Waals surface area contributed by atoms with Crippen molar-refractivity contribution < 1.29 is 18.8 Å². The monoisotopic (exact) mass is 294 g/mol. The first-order chi connectivity index (χ1) is 8.13. The predicted molar refractivity (Wildman–Crippen MR) is 69.5 cm³/mol. The van der Waals surface area contributed by atoms with E-state index in [1.807, 2.05) is 0 Å². The van der Waals surface area contributed by atoms with E-state index in [1.54, 1.807) is 0 Å². The molecule has 0 unspecified atom stereocenters. The van der Waals surface area contributed by atoms with Crippen molar-refractivity contribution in [3.8, 4) is 5.75 Å². The van der Waals surface area contributed by atoms with Crippen molar-refractivity contribution in [2.24, 2.45) is 22.0 Å². The topological polar surface area (TPSA) is 168 Å². The second-order valence-corrected chi connectivity index (χ2v) is 7.08. The summed E-state index contributed by atoms with van der Waals surface area (Å²) in [5.41, 5.74) is 21.4. The Labute approximate surface area is 104 Å². The second kappa shape index (κ2) is 5.50. The van der Waals surface area contributed by atoms with Crippen molar-refractivity contribution in [2.45, 2.75) is 6.42 Å². The Bertz CT molecular complexity index is 524. The lowest BCUT2D eigenvalue weighted by Crippen LogP contribution is -2.23. The first-order valence-electron chi connectivity index (χ1n) is 4.92. The number of rotatable bonds is 5. The van der Waals surface area contributed by atoms with E-state index in [0.29, 0.717) is 5.56 Å². The number of aliphatic hydroxyl groups is 1. The van der Waals surface area contributed by atoms with Crippen molar-refractivity contribution in [3.05, 3.63) is 23.8 Å². The fourth-order valence-electron chi connectivity index (χ4n) is 1.42. The summed E-state index contributed by atoms with van der Waals surface area (Å²) >= 11 is 0. The minimum absolute atomic E-state index is 0.0520. The van der Waals surface area contributed by atoms with E-state index in [-0.39, 0.29) is 24.1 Å². The molecule has 0 atom stereocenters. The van der Waals surface area contributed by atoms with E-state index >= 15 is 0 Å². The van der Waals surface area contributed by atoms with Crippen LogP contribution in [0.15, 0.2) is 18.2 Å². The van der Waals surface area contributed by atoms with Gasteiger partial charge in [-0.15, -0.1) is 0 Å². The van der Waals surface area contributed by atoms with Crippen LogP contribution in [0.4, 0.5) is 0 Å². The number of aliphatic hydroxyl groups excluding tert-OH is 1. The third-order valence-corrected chi connectivity index (χ3v) is 3.73. The van der Waals surface area contributed by atoms with Crippen LogP contribution in [-0.2, 0) is 15.6 Å². The maximum Gasteiger partial charge on any atom is 0.385 e. The highest BCUT2D eigenvalue weighted by Gasteiger charge is 2.20. The molecule has 0 aliphatic carbocycles. The van der Waals surface area contributed by atoms with Crippen molar-refractivity contribution >= 4 is 20.4 Å². The molecule has 0 radical (unpaired) electrons. The first-order valence-corrected chi connectivity index (χ1v) is 8.52. The maximum atomic E-state index is 11.7. The zero-order valence-electron chi connectivity index (χ0n) is 9.52. The Hall–Kier alpha value is -0.720. The van der Waals surface area contributed by atoms with Crippen LogP contribution in [0.3, 0.4) is 0 Å². The second-order valence-electron chi connectivity index (χ2n) is 3.71. The Balaban J connectivity index is 3.22. The third-order valence-electron chi connectivity index (χ3n) is 2.06. The summed E-state index contributed by atoms with van der Waals surface area (Å²) in [5.74, 6) is 0.0520. The Morgan fingerprint density at radius 3 is 2.22 bits per heavy atom. The fourth-order valence-corrected chi connectivity index (χ4v) is 2.83. The molecule has 9 N–H and O–H groups in total. The molecule has 0 aliphatic heterocycles. The highest BCUT2D eigenvalue weighted by Crippen LogP contribution is 2.33. The quantitative estimate of drug-likeness (QED) is 0.447. The van der Waals surface area contributed by atoms with Gasteiger partial charge in [0.1, 0.15) is 5.75 Å². The zero-order valence-corrected chi connectivity index (χ0v) is 11.3. The standard InChI is InChI=1S/C8H16N4O4P2/c9-17(10,14)8-5-7(16-18(11,12)15)2-1-6(8)3-4-13/h1-2,5,13H,3-4H2,(H4,9,10,14)(H4,11,12,15). The smallest absolute Gasteiger partial charge is 0.385 e. The average molecular weight is 294 g/mol. The summed E-state index contributed by atoms with van der Waals surface area (Å²) in [6.45, 7) is -0.153. The summed E-state index contributed by atoms with van der Waals surface area (Å²) in [4.78, 5) is 0. The van der Waals surface area contributed by atoms with Crippen LogP contribution in [0.2, 0.25) is 0 Å². The van der Waals surface area contributed by atoms with E-state index < -0.39 is 15.1 Å². The van der Waals surface area contributed by atoms with Crippen molar-refractivity contribution in [1.82, 2.24) is 0 Å². The molecule has 0 heterocycles. The molecule has 8 nitrogen and oxygen atoms in total. The minimum atomic E-state index is -3.71. The first kappa shape index (κ1) is 15.3. The van der Waals surface area contributed by atoms with E-state index in [9.17, 15) is 9.13 Å². The van der Waals surface area contributed by atoms with Crippen molar-refractivity contribution in [2.75, 3.05) is 6.61 Å². The molecule has 0 aliphatic rings. The van der Waals surface area contributed by atoms with Crippen LogP contribution in [0.1, 0.15) is 5.56 Å². The van der Waals surface area contributed by atoms with E-state index in [4.69, 9.17) is 31.6 Å². The fraction of sp³-hybridized carbons (Fsp3) is 0.250. The SMILES string of the molecule is NP(N)(=O)Oc1ccc(CCO)c(P(N)(N)=O)c1. The molecule has 18 heavy (non-hydrogen) atoms. The van der Waals surface area contributed by atoms with Gasteiger partial charge in [-0.3, -0.25) is 15.6 Å². The number of nitrogens with two attached hydrogens (primary N) is 4. The summed E-state index contributed by atoms with van der Waals surface area (Å²) < 4.78 is 27.6. The molecule has 0 bridgehead atoms. The van der Waals surface area contributed by atoms with Gasteiger partial charge < -0.3 is 9.63 Å². The Morgan fingerprint density at radius 1 is 1.17 bits per heavy atom. The third kappa shape index (κ3) is 4.51. The highest BCUT2D eigenvalue weighted by atomic mass is 31.2. The molecule has 0 saturated heterocycles. The Kier molecular flexibility index (Phi) is 4.69. The van der Waals surface area contributed by atoms with Crippen LogP contribution in [0.25, 0.3) is 0 Å². The van der Waals surface area contributed by atoms with Gasteiger partial charge >= 0.3 is 7.67 Å². The van der Waals surface area contributed by atoms with Gasteiger partial charge in [0.2, 0.25) is 7.44 Å². The van der Waals surface area contributed by atoms with Crippen LogP contribution < -0.4 is 31.8 Å². The average Bonchev–Trinajstić information content (AvgIpc) is 2.16. The van der Waals surface area contributed by atoms with Crippen molar-refractivity contribution in [1.29, 1.82) is 0 Å². The highest BCUT2D eigenvalue weighted by molar-refractivity contribution is 7.67. The lowest BCUT2D eigenvalue weighted by molar-refractivity contribution is 0.300. The summed E-state index contributed by atoms with van der Waals surface area (Å²) in [6, 6.07) is 4.19. The molecule has 10 heteroatoms. The summed E-state index contributed by atoms with van der Waals surface area (Å²) in [5, 5.41) is 9.01. The maximum absolute atomic E-state index is 11.7. The van der Waals surface area contributed by atoms with Gasteiger partial charge in [-0.1, -0.05) is 6.07 Å². The molecule has 0 aromatic heterocycles. The van der Waals surface area contributed by atoms with Gasteiger partial charge in [0.05, 0.1) is 0 Å². The van der Waals surface area contributed by atoms with E-state index in [1.165, 1.54) is 18.2 Å².